The minimum absolute atomic E-state index is 0.0254. The summed E-state index contributed by atoms with van der Waals surface area (Å²) in [7, 11) is -3.59. The second-order valence-corrected chi connectivity index (χ2v) is 8.04. The van der Waals surface area contributed by atoms with Crippen molar-refractivity contribution in [3.05, 3.63) is 29.1 Å². The number of halogens is 1. The Balaban J connectivity index is 2.27. The van der Waals surface area contributed by atoms with Crippen molar-refractivity contribution >= 4 is 21.8 Å². The topological polar surface area (TPSA) is 58.2 Å². The number of hydrogen-bond acceptors (Lipinski definition) is 4. The molecule has 0 bridgehead atoms. The zero-order chi connectivity index (χ0) is 15.5. The van der Waals surface area contributed by atoms with Crippen LogP contribution in [-0.2, 0) is 16.6 Å². The molecule has 1 fully saturated rings. The van der Waals surface area contributed by atoms with Crippen molar-refractivity contribution in [1.82, 2.24) is 10.0 Å². The highest BCUT2D eigenvalue weighted by molar-refractivity contribution is 7.99. The van der Waals surface area contributed by atoms with Crippen LogP contribution in [-0.4, -0.2) is 32.5 Å². The molecular formula is C14H21FN2O2S2. The standard InChI is InChI=1S/C14H21FN2O2S2/c1-3-16-8-11-7-13(6-10(2)14(11)15)21(18,19)17-12-4-5-20-9-12/h6-7,12,16-17H,3-5,8-9H2,1-2H3. The lowest BCUT2D eigenvalue weighted by Crippen LogP contribution is -2.34. The Morgan fingerprint density at radius 2 is 2.19 bits per heavy atom. The smallest absolute Gasteiger partial charge is 0.240 e. The summed E-state index contributed by atoms with van der Waals surface area (Å²) in [6, 6.07) is 2.80. The van der Waals surface area contributed by atoms with Crippen LogP contribution in [0.4, 0.5) is 4.39 Å². The number of hydrogen-bond donors (Lipinski definition) is 2. The van der Waals surface area contributed by atoms with Crippen molar-refractivity contribution in [3.63, 3.8) is 0 Å². The molecule has 0 aliphatic carbocycles. The van der Waals surface area contributed by atoms with Gasteiger partial charge in [0.2, 0.25) is 10.0 Å². The number of sulfonamides is 1. The highest BCUT2D eigenvalue weighted by Crippen LogP contribution is 2.22. The molecule has 0 aromatic heterocycles. The minimum Gasteiger partial charge on any atom is -0.313 e. The maximum atomic E-state index is 14.0. The van der Waals surface area contributed by atoms with Crippen molar-refractivity contribution < 1.29 is 12.8 Å². The third-order valence-corrected chi connectivity index (χ3v) is 6.09. The van der Waals surface area contributed by atoms with E-state index in [1.54, 1.807) is 18.7 Å². The molecule has 21 heavy (non-hydrogen) atoms. The van der Waals surface area contributed by atoms with E-state index in [9.17, 15) is 12.8 Å². The second-order valence-electron chi connectivity index (χ2n) is 5.18. The maximum absolute atomic E-state index is 14.0. The number of aryl methyl sites for hydroxylation is 1. The molecule has 2 rings (SSSR count). The summed E-state index contributed by atoms with van der Waals surface area (Å²) in [6.07, 6.45) is 0.842. The summed E-state index contributed by atoms with van der Waals surface area (Å²) in [5.41, 5.74) is 0.740. The fraction of sp³-hybridized carbons (Fsp3) is 0.571. The van der Waals surface area contributed by atoms with Crippen molar-refractivity contribution in [2.24, 2.45) is 0 Å². The normalized spacial score (nSPS) is 19.1. The molecule has 4 nitrogen and oxygen atoms in total. The zero-order valence-corrected chi connectivity index (χ0v) is 13.9. The quantitative estimate of drug-likeness (QED) is 0.837. The molecule has 0 spiro atoms. The van der Waals surface area contributed by atoms with Crippen molar-refractivity contribution in [2.75, 3.05) is 18.1 Å². The van der Waals surface area contributed by atoms with E-state index in [0.29, 0.717) is 24.2 Å². The van der Waals surface area contributed by atoms with Crippen LogP contribution in [0.25, 0.3) is 0 Å². The van der Waals surface area contributed by atoms with E-state index in [4.69, 9.17) is 0 Å². The van der Waals surface area contributed by atoms with Gasteiger partial charge in [-0.3, -0.25) is 0 Å². The van der Waals surface area contributed by atoms with E-state index in [1.165, 1.54) is 12.1 Å². The van der Waals surface area contributed by atoms with Gasteiger partial charge >= 0.3 is 0 Å². The van der Waals surface area contributed by atoms with Gasteiger partial charge in [0.1, 0.15) is 5.82 Å². The van der Waals surface area contributed by atoms with Gasteiger partial charge in [0.15, 0.2) is 0 Å². The number of nitrogens with one attached hydrogen (secondary N) is 2. The minimum atomic E-state index is -3.59. The van der Waals surface area contributed by atoms with E-state index in [2.05, 4.69) is 10.0 Å². The van der Waals surface area contributed by atoms with Crippen LogP contribution >= 0.6 is 11.8 Å². The van der Waals surface area contributed by atoms with Crippen LogP contribution in [0.3, 0.4) is 0 Å². The molecule has 1 atom stereocenters. The Bertz CT molecular complexity index is 599. The predicted molar refractivity (Wildman–Crippen MR) is 84.6 cm³/mol. The lowest BCUT2D eigenvalue weighted by atomic mass is 10.1. The zero-order valence-electron chi connectivity index (χ0n) is 12.3. The van der Waals surface area contributed by atoms with Gasteiger partial charge in [-0.25, -0.2) is 17.5 Å². The van der Waals surface area contributed by atoms with Crippen LogP contribution in [0, 0.1) is 12.7 Å². The first-order valence-electron chi connectivity index (χ1n) is 7.04. The molecule has 0 radical (unpaired) electrons. The van der Waals surface area contributed by atoms with Crippen molar-refractivity contribution in [1.29, 1.82) is 0 Å². The Morgan fingerprint density at radius 1 is 1.43 bits per heavy atom. The fourth-order valence-electron chi connectivity index (χ4n) is 2.27. The van der Waals surface area contributed by atoms with Crippen LogP contribution in [0.15, 0.2) is 17.0 Å². The molecule has 1 unspecified atom stereocenters. The second kappa shape index (κ2) is 7.09. The first-order chi connectivity index (χ1) is 9.94. The SMILES string of the molecule is CCNCc1cc(S(=O)(=O)NC2CCSC2)cc(C)c1F. The molecule has 1 aromatic rings. The van der Waals surface area contributed by atoms with Gasteiger partial charge in [-0.05, 0) is 43.3 Å². The third kappa shape index (κ3) is 4.18. The first kappa shape index (κ1) is 16.7. The highest BCUT2D eigenvalue weighted by Gasteiger charge is 2.24. The lowest BCUT2D eigenvalue weighted by molar-refractivity contribution is 0.559. The van der Waals surface area contributed by atoms with E-state index in [-0.39, 0.29) is 16.8 Å². The molecule has 1 aliphatic rings. The summed E-state index contributed by atoms with van der Waals surface area (Å²) < 4.78 is 41.6. The summed E-state index contributed by atoms with van der Waals surface area (Å²) in [5, 5.41) is 3.03. The van der Waals surface area contributed by atoms with Crippen molar-refractivity contribution in [3.8, 4) is 0 Å². The Labute approximate surface area is 129 Å². The Kier molecular flexibility index (Phi) is 5.65. The fourth-order valence-corrected chi connectivity index (χ4v) is 4.93. The third-order valence-electron chi connectivity index (χ3n) is 3.43. The summed E-state index contributed by atoms with van der Waals surface area (Å²) in [5.74, 6) is 1.43. The molecule has 1 saturated heterocycles. The summed E-state index contributed by atoms with van der Waals surface area (Å²) >= 11 is 1.74. The van der Waals surface area contributed by atoms with Gasteiger partial charge in [-0.1, -0.05) is 6.92 Å². The van der Waals surface area contributed by atoms with Crippen LogP contribution in [0.5, 0.6) is 0 Å². The molecule has 0 amide bonds. The largest absolute Gasteiger partial charge is 0.313 e. The lowest BCUT2D eigenvalue weighted by Gasteiger charge is -2.14. The Hall–Kier alpha value is -0.630. The Morgan fingerprint density at radius 3 is 2.81 bits per heavy atom. The average molecular weight is 332 g/mol. The highest BCUT2D eigenvalue weighted by atomic mass is 32.2. The molecule has 1 aliphatic heterocycles. The maximum Gasteiger partial charge on any atom is 0.240 e. The monoisotopic (exact) mass is 332 g/mol. The first-order valence-corrected chi connectivity index (χ1v) is 9.67. The molecule has 1 heterocycles. The van der Waals surface area contributed by atoms with Gasteiger partial charge in [-0.15, -0.1) is 0 Å². The number of benzene rings is 1. The van der Waals surface area contributed by atoms with Gasteiger partial charge in [0.25, 0.3) is 0 Å². The summed E-state index contributed by atoms with van der Waals surface area (Å²) in [4.78, 5) is 0.145. The number of thioether (sulfide) groups is 1. The van der Waals surface area contributed by atoms with Crippen LogP contribution in [0.1, 0.15) is 24.5 Å². The summed E-state index contributed by atoms with van der Waals surface area (Å²) in [6.45, 7) is 4.54. The van der Waals surface area contributed by atoms with Gasteiger partial charge in [-0.2, -0.15) is 11.8 Å². The molecular weight excluding hydrogens is 311 g/mol. The molecule has 1 aromatic carbocycles. The van der Waals surface area contributed by atoms with E-state index < -0.39 is 10.0 Å². The van der Waals surface area contributed by atoms with E-state index >= 15 is 0 Å². The van der Waals surface area contributed by atoms with Crippen LogP contribution in [0.2, 0.25) is 0 Å². The van der Waals surface area contributed by atoms with Gasteiger partial charge in [0.05, 0.1) is 4.90 Å². The van der Waals surface area contributed by atoms with Gasteiger partial charge < -0.3 is 5.32 Å². The predicted octanol–water partition coefficient (Wildman–Crippen LogP) is 2.03. The molecule has 2 N–H and O–H groups in total. The van der Waals surface area contributed by atoms with E-state index in [0.717, 1.165) is 17.9 Å². The van der Waals surface area contributed by atoms with E-state index in [1.807, 2.05) is 6.92 Å². The molecule has 118 valence electrons. The average Bonchev–Trinajstić information content (AvgIpc) is 2.92. The molecule has 0 saturated carbocycles. The number of rotatable bonds is 6. The van der Waals surface area contributed by atoms with Gasteiger partial charge in [0, 0.05) is 23.9 Å². The van der Waals surface area contributed by atoms with Crippen molar-refractivity contribution in [2.45, 2.75) is 37.8 Å². The molecule has 7 heteroatoms. The van der Waals surface area contributed by atoms with Crippen LogP contribution < -0.4 is 10.0 Å².